The van der Waals surface area contributed by atoms with Gasteiger partial charge in [-0.2, -0.15) is 0 Å². The van der Waals surface area contributed by atoms with Crippen LogP contribution in [0.1, 0.15) is 77.2 Å². The first-order valence-corrected chi connectivity index (χ1v) is 15.7. The van der Waals surface area contributed by atoms with Crippen molar-refractivity contribution in [3.05, 3.63) is 61.2 Å². The van der Waals surface area contributed by atoms with E-state index in [1.807, 2.05) is 56.3 Å². The Hall–Kier alpha value is -3.66. The fourth-order valence-electron chi connectivity index (χ4n) is 6.12. The summed E-state index contributed by atoms with van der Waals surface area (Å²) in [6, 6.07) is 6.67. The molecule has 0 bridgehead atoms. The minimum absolute atomic E-state index is 0.0631. The van der Waals surface area contributed by atoms with E-state index in [0.717, 1.165) is 31.2 Å². The molecule has 2 N–H and O–H groups in total. The Morgan fingerprint density at radius 1 is 1.00 bits per heavy atom. The molecule has 10 heteroatoms. The van der Waals surface area contributed by atoms with Gasteiger partial charge in [0.05, 0.1) is 18.8 Å². The van der Waals surface area contributed by atoms with E-state index in [4.69, 9.17) is 14.2 Å². The standard InChI is InChI=1S/C34H49N3O7/c1-6-8-10-15-19-26(36-33(41)43-23-24-17-13-12-14-18-24)31(39)37-22-28-25(21-34(3,4)44-28)29(37)30(38)35-27(32(40)42-5)20-16-11-9-7-2/h6-7,12-14,17-18,25-29H,1-2,8-11,15-16,19-23H2,3-5H3,(H,35,38)(H,36,41)/t25-,26-,27?,28-,29?/m0/s1. The molecule has 44 heavy (non-hydrogen) atoms. The molecule has 242 valence electrons. The van der Waals surface area contributed by atoms with Crippen molar-refractivity contribution < 1.29 is 33.4 Å². The summed E-state index contributed by atoms with van der Waals surface area (Å²) in [5.74, 6) is -1.60. The predicted octanol–water partition coefficient (Wildman–Crippen LogP) is 4.83. The number of alkyl carbamates (subject to hydrolysis) is 1. The summed E-state index contributed by atoms with van der Waals surface area (Å²) in [6.45, 7) is 11.7. The van der Waals surface area contributed by atoms with Crippen LogP contribution in [0.15, 0.2) is 55.6 Å². The van der Waals surface area contributed by atoms with E-state index < -0.39 is 41.7 Å². The third kappa shape index (κ3) is 9.94. The van der Waals surface area contributed by atoms with Crippen LogP contribution >= 0.6 is 0 Å². The number of rotatable bonds is 17. The summed E-state index contributed by atoms with van der Waals surface area (Å²) in [4.78, 5) is 55.0. The number of esters is 1. The number of benzene rings is 1. The summed E-state index contributed by atoms with van der Waals surface area (Å²) < 4.78 is 16.7. The van der Waals surface area contributed by atoms with Crippen molar-refractivity contribution in [2.75, 3.05) is 13.7 Å². The number of carbonyl (C=O) groups excluding carboxylic acids is 4. The lowest BCUT2D eigenvalue weighted by Gasteiger charge is -2.32. The zero-order chi connectivity index (χ0) is 32.1. The van der Waals surface area contributed by atoms with Crippen molar-refractivity contribution in [3.63, 3.8) is 0 Å². The molecule has 0 saturated carbocycles. The largest absolute Gasteiger partial charge is 0.467 e. The second kappa shape index (κ2) is 17.0. The lowest BCUT2D eigenvalue weighted by Crippen LogP contribution is -2.57. The number of allylic oxidation sites excluding steroid dienone is 2. The van der Waals surface area contributed by atoms with Gasteiger partial charge in [-0.15, -0.1) is 13.2 Å². The van der Waals surface area contributed by atoms with Gasteiger partial charge in [0.2, 0.25) is 11.8 Å². The Kier molecular flexibility index (Phi) is 13.4. The molecule has 3 amide bonds. The Balaban J connectivity index is 1.79. The highest BCUT2D eigenvalue weighted by molar-refractivity contribution is 5.94. The minimum atomic E-state index is -0.902. The predicted molar refractivity (Wildman–Crippen MR) is 167 cm³/mol. The summed E-state index contributed by atoms with van der Waals surface area (Å²) >= 11 is 0. The van der Waals surface area contributed by atoms with Crippen molar-refractivity contribution >= 4 is 23.9 Å². The Bertz CT molecular complexity index is 1140. The molecule has 0 aliphatic carbocycles. The van der Waals surface area contributed by atoms with Crippen LogP contribution < -0.4 is 10.6 Å². The lowest BCUT2D eigenvalue weighted by molar-refractivity contribution is -0.147. The molecule has 2 heterocycles. The molecule has 2 aliphatic heterocycles. The molecular formula is C34H49N3O7. The van der Waals surface area contributed by atoms with Crippen LogP contribution in [-0.2, 0) is 35.2 Å². The number of hydrogen-bond acceptors (Lipinski definition) is 7. The van der Waals surface area contributed by atoms with Crippen LogP contribution in [-0.4, -0.2) is 72.3 Å². The number of hydrogen-bond donors (Lipinski definition) is 2. The molecule has 2 fully saturated rings. The van der Waals surface area contributed by atoms with Crippen molar-refractivity contribution in [2.24, 2.45) is 5.92 Å². The van der Waals surface area contributed by atoms with Crippen LogP contribution in [0.5, 0.6) is 0 Å². The second-order valence-corrected chi connectivity index (χ2v) is 12.2. The molecule has 0 radical (unpaired) electrons. The highest BCUT2D eigenvalue weighted by Gasteiger charge is 2.56. The van der Waals surface area contributed by atoms with Crippen molar-refractivity contribution in [2.45, 2.75) is 108 Å². The van der Waals surface area contributed by atoms with Gasteiger partial charge in [-0.25, -0.2) is 9.59 Å². The molecule has 2 saturated heterocycles. The third-order valence-corrected chi connectivity index (χ3v) is 8.25. The number of unbranched alkanes of at least 4 members (excludes halogenated alkanes) is 4. The van der Waals surface area contributed by atoms with Crippen LogP contribution in [0.4, 0.5) is 4.79 Å². The van der Waals surface area contributed by atoms with Crippen LogP contribution in [0.2, 0.25) is 0 Å². The van der Waals surface area contributed by atoms with Crippen molar-refractivity contribution in [3.8, 4) is 0 Å². The van der Waals surface area contributed by atoms with Crippen LogP contribution in [0.3, 0.4) is 0 Å². The Labute approximate surface area is 261 Å². The normalized spacial score (nSPS) is 21.4. The quantitative estimate of drug-likeness (QED) is 0.147. The number of carbonyl (C=O) groups is 4. The van der Waals surface area contributed by atoms with Gasteiger partial charge in [0, 0.05) is 12.5 Å². The van der Waals surface area contributed by atoms with Crippen LogP contribution in [0.25, 0.3) is 0 Å². The van der Waals surface area contributed by atoms with Gasteiger partial charge in [0.1, 0.15) is 24.7 Å². The second-order valence-electron chi connectivity index (χ2n) is 12.2. The zero-order valence-corrected chi connectivity index (χ0v) is 26.4. The number of likely N-dealkylation sites (tertiary alicyclic amines) is 1. The van der Waals surface area contributed by atoms with Gasteiger partial charge >= 0.3 is 12.1 Å². The number of nitrogens with one attached hydrogen (secondary N) is 2. The number of amides is 3. The molecule has 10 nitrogen and oxygen atoms in total. The Morgan fingerprint density at radius 3 is 2.25 bits per heavy atom. The number of fused-ring (bicyclic) bond motifs is 1. The summed E-state index contributed by atoms with van der Waals surface area (Å²) in [7, 11) is 1.29. The molecule has 0 spiro atoms. The van der Waals surface area contributed by atoms with Gasteiger partial charge < -0.3 is 29.7 Å². The monoisotopic (exact) mass is 611 g/mol. The lowest BCUT2D eigenvalue weighted by atomic mass is 9.89. The molecular weight excluding hydrogens is 562 g/mol. The molecule has 2 unspecified atom stereocenters. The van der Waals surface area contributed by atoms with Crippen molar-refractivity contribution in [1.82, 2.24) is 15.5 Å². The number of nitrogens with zero attached hydrogens (tertiary/aromatic N) is 1. The topological polar surface area (TPSA) is 123 Å². The van der Waals surface area contributed by atoms with E-state index >= 15 is 0 Å². The molecule has 0 aromatic heterocycles. The average molecular weight is 612 g/mol. The Morgan fingerprint density at radius 2 is 1.64 bits per heavy atom. The summed E-state index contributed by atoms with van der Waals surface area (Å²) in [6.07, 6.45) is 8.49. The average Bonchev–Trinajstić information content (AvgIpc) is 3.50. The van der Waals surface area contributed by atoms with E-state index in [-0.39, 0.29) is 31.1 Å². The molecule has 3 rings (SSSR count). The SMILES string of the molecule is C=CCCCCC(NC(=O)C1[C@H]2CC(C)(C)O[C@H]2CN1C(=O)[C@H](CCCCC=C)NC(=O)OCc1ccccc1)C(=O)OC. The van der Waals surface area contributed by atoms with Gasteiger partial charge in [-0.1, -0.05) is 55.3 Å². The summed E-state index contributed by atoms with van der Waals surface area (Å²) in [5, 5.41) is 5.64. The molecule has 1 aromatic carbocycles. The number of ether oxygens (including phenoxy) is 3. The van der Waals surface area contributed by atoms with Gasteiger partial charge in [-0.3, -0.25) is 9.59 Å². The molecule has 5 atom stereocenters. The van der Waals surface area contributed by atoms with Crippen LogP contribution in [0, 0.1) is 5.92 Å². The highest BCUT2D eigenvalue weighted by Crippen LogP contribution is 2.43. The maximum absolute atomic E-state index is 14.1. The maximum atomic E-state index is 14.1. The zero-order valence-electron chi connectivity index (χ0n) is 26.4. The number of methoxy groups -OCH3 is 1. The highest BCUT2D eigenvalue weighted by atomic mass is 16.5. The third-order valence-electron chi connectivity index (χ3n) is 8.25. The van der Waals surface area contributed by atoms with Gasteiger partial charge in [-0.05, 0) is 64.4 Å². The fraction of sp³-hybridized carbons (Fsp3) is 0.588. The minimum Gasteiger partial charge on any atom is -0.467 e. The first-order valence-electron chi connectivity index (χ1n) is 15.7. The summed E-state index contributed by atoms with van der Waals surface area (Å²) in [5.41, 5.74) is 0.365. The van der Waals surface area contributed by atoms with Gasteiger partial charge in [0.25, 0.3) is 0 Å². The van der Waals surface area contributed by atoms with Gasteiger partial charge in [0.15, 0.2) is 0 Å². The first kappa shape index (κ1) is 34.8. The van der Waals surface area contributed by atoms with E-state index in [2.05, 4.69) is 23.8 Å². The van der Waals surface area contributed by atoms with E-state index in [9.17, 15) is 19.2 Å². The molecule has 2 aliphatic rings. The smallest absolute Gasteiger partial charge is 0.408 e. The first-order chi connectivity index (χ1) is 21.1. The fourth-order valence-corrected chi connectivity index (χ4v) is 6.12. The van der Waals surface area contributed by atoms with E-state index in [1.165, 1.54) is 12.0 Å². The molecule has 1 aromatic rings. The van der Waals surface area contributed by atoms with E-state index in [0.29, 0.717) is 32.1 Å². The maximum Gasteiger partial charge on any atom is 0.408 e. The van der Waals surface area contributed by atoms with Crippen molar-refractivity contribution in [1.29, 1.82) is 0 Å². The van der Waals surface area contributed by atoms with E-state index in [1.54, 1.807) is 0 Å².